The van der Waals surface area contributed by atoms with Crippen LogP contribution in [0, 0.1) is 17.5 Å². The van der Waals surface area contributed by atoms with E-state index in [0.717, 1.165) is 37.7 Å². The average Bonchev–Trinajstić information content (AvgIpc) is 3.03. The molecule has 0 aliphatic heterocycles. The van der Waals surface area contributed by atoms with Crippen molar-refractivity contribution in [2.45, 2.75) is 69.0 Å². The summed E-state index contributed by atoms with van der Waals surface area (Å²) >= 11 is 0. The van der Waals surface area contributed by atoms with Crippen molar-refractivity contribution in [3.63, 3.8) is 0 Å². The first-order valence-corrected chi connectivity index (χ1v) is 13.6. The molecule has 0 heterocycles. The summed E-state index contributed by atoms with van der Waals surface area (Å²) in [5.74, 6) is -12.2. The molecule has 1 saturated carbocycles. The summed E-state index contributed by atoms with van der Waals surface area (Å²) in [6.45, 7) is 3.80. The third kappa shape index (κ3) is 4.11. The molecule has 178 valence electrons. The number of halogens is 6. The summed E-state index contributed by atoms with van der Waals surface area (Å²) in [6, 6.07) is 9.72. The largest absolute Gasteiger partial charge is 0.539 e. The van der Waals surface area contributed by atoms with Crippen molar-refractivity contribution in [1.82, 2.24) is 0 Å². The van der Waals surface area contributed by atoms with Gasteiger partial charge in [-0.1, -0.05) is 63.4 Å². The van der Waals surface area contributed by atoms with E-state index in [1.165, 1.54) is 0 Å². The van der Waals surface area contributed by atoms with Crippen LogP contribution in [0.25, 0.3) is 5.83 Å². The van der Waals surface area contributed by atoms with E-state index in [1.807, 2.05) is 44.2 Å². The van der Waals surface area contributed by atoms with Gasteiger partial charge >= 0.3 is 0 Å². The van der Waals surface area contributed by atoms with Gasteiger partial charge in [-0.2, -0.15) is 13.2 Å². The lowest BCUT2D eigenvalue weighted by Gasteiger charge is -2.43. The molecule has 33 heavy (non-hydrogen) atoms. The molecule has 2 aromatic rings. The smallest absolute Gasteiger partial charge is 0.298 e. The zero-order chi connectivity index (χ0) is 24.0. The molecule has 0 spiro atoms. The van der Waals surface area contributed by atoms with Gasteiger partial charge in [-0.15, -0.1) is 0 Å². The van der Waals surface area contributed by atoms with Crippen molar-refractivity contribution in [3.05, 3.63) is 70.5 Å². The molecule has 0 saturated heterocycles. The van der Waals surface area contributed by atoms with Gasteiger partial charge < -0.3 is 4.43 Å². The van der Waals surface area contributed by atoms with Crippen LogP contribution in [0.5, 0.6) is 5.75 Å². The maximum atomic E-state index is 15.4. The summed E-state index contributed by atoms with van der Waals surface area (Å²) < 4.78 is 94.1. The summed E-state index contributed by atoms with van der Waals surface area (Å²) in [6.07, 6.45) is 4.30. The highest BCUT2D eigenvalue weighted by Gasteiger charge is 2.52. The molecule has 2 aliphatic carbocycles. The van der Waals surface area contributed by atoms with Crippen LogP contribution < -0.4 is 4.43 Å². The van der Waals surface area contributed by atoms with E-state index in [0.29, 0.717) is 6.04 Å². The second-order valence-corrected chi connectivity index (χ2v) is 13.8. The Balaban J connectivity index is 1.87. The number of hydrogen-bond donors (Lipinski definition) is 0. The fraction of sp³-hybridized carbons (Fsp3) is 0.440. The highest BCUT2D eigenvalue weighted by Crippen LogP contribution is 2.51. The molecule has 2 aromatic carbocycles. The lowest BCUT2D eigenvalue weighted by atomic mass is 10.0. The predicted octanol–water partition coefficient (Wildman–Crippen LogP) is 8.37. The first-order chi connectivity index (χ1) is 15.6. The van der Waals surface area contributed by atoms with E-state index in [9.17, 15) is 17.6 Å². The Morgan fingerprint density at radius 3 is 2.18 bits per heavy atom. The zero-order valence-electron chi connectivity index (χ0n) is 18.5. The highest BCUT2D eigenvalue weighted by molar-refractivity contribution is 6.76. The van der Waals surface area contributed by atoms with Crippen molar-refractivity contribution < 1.29 is 30.8 Å². The fourth-order valence-electron chi connectivity index (χ4n) is 5.32. The fourth-order valence-corrected chi connectivity index (χ4v) is 10.3. The summed E-state index contributed by atoms with van der Waals surface area (Å²) in [7, 11) is -3.14. The van der Waals surface area contributed by atoms with E-state index >= 15 is 8.78 Å². The standard InChI is InChI=1S/C25H26F6OSi/c1-15(2)33(17-11-7-4-8-12-17,14-16-9-5-3-6-10-16)32-24-22(28)20-19(21(27)23(24)29)18(26)13-25(20,30)31/h3,5-6,9-10,13,15,17H,4,7-8,11-12,14H2,1-2H3. The zero-order valence-corrected chi connectivity index (χ0v) is 19.5. The van der Waals surface area contributed by atoms with E-state index < -0.39 is 54.4 Å². The molecule has 0 aromatic heterocycles. The molecular formula is C25H26F6OSi. The lowest BCUT2D eigenvalue weighted by molar-refractivity contribution is 0.0506. The van der Waals surface area contributed by atoms with E-state index in [2.05, 4.69) is 0 Å². The Kier molecular flexibility index (Phi) is 6.42. The molecule has 0 N–H and O–H groups in total. The second kappa shape index (κ2) is 8.85. The Morgan fingerprint density at radius 2 is 1.58 bits per heavy atom. The van der Waals surface area contributed by atoms with Gasteiger partial charge in [-0.25, -0.2) is 13.2 Å². The molecule has 4 rings (SSSR count). The van der Waals surface area contributed by atoms with Crippen molar-refractivity contribution in [2.24, 2.45) is 0 Å². The molecule has 2 aliphatic rings. The Morgan fingerprint density at radius 1 is 0.939 bits per heavy atom. The van der Waals surface area contributed by atoms with E-state index in [4.69, 9.17) is 4.43 Å². The number of allylic oxidation sites excluding steroid dienone is 1. The van der Waals surface area contributed by atoms with Gasteiger partial charge in [0.25, 0.3) is 14.2 Å². The van der Waals surface area contributed by atoms with Crippen LogP contribution in [0.1, 0.15) is 62.6 Å². The first-order valence-electron chi connectivity index (χ1n) is 11.3. The average molecular weight is 485 g/mol. The van der Waals surface area contributed by atoms with Crippen LogP contribution in [-0.2, 0) is 12.0 Å². The van der Waals surface area contributed by atoms with Crippen molar-refractivity contribution in [2.75, 3.05) is 0 Å². The molecule has 0 amide bonds. The second-order valence-electron chi connectivity index (χ2n) is 9.35. The monoisotopic (exact) mass is 484 g/mol. The molecule has 1 atom stereocenters. The molecule has 0 radical (unpaired) electrons. The van der Waals surface area contributed by atoms with E-state index in [1.54, 1.807) is 0 Å². The summed E-state index contributed by atoms with van der Waals surface area (Å²) in [4.78, 5) is 0. The quantitative estimate of drug-likeness (QED) is 0.227. The van der Waals surface area contributed by atoms with Gasteiger partial charge in [-0.3, -0.25) is 0 Å². The highest BCUT2D eigenvalue weighted by atomic mass is 28.4. The normalized spacial score (nSPS) is 19.8. The van der Waals surface area contributed by atoms with Crippen LogP contribution >= 0.6 is 0 Å². The van der Waals surface area contributed by atoms with E-state index in [-0.39, 0.29) is 17.2 Å². The molecule has 1 unspecified atom stereocenters. The Bertz CT molecular complexity index is 1060. The van der Waals surface area contributed by atoms with Crippen molar-refractivity contribution >= 4 is 14.1 Å². The maximum Gasteiger partial charge on any atom is 0.298 e. The van der Waals surface area contributed by atoms with Crippen LogP contribution in [0.3, 0.4) is 0 Å². The molecule has 0 bridgehead atoms. The van der Waals surface area contributed by atoms with Gasteiger partial charge in [0.05, 0.1) is 11.1 Å². The number of hydrogen-bond acceptors (Lipinski definition) is 1. The van der Waals surface area contributed by atoms with Gasteiger partial charge in [0.15, 0.2) is 17.4 Å². The Labute approximate surface area is 190 Å². The number of alkyl halides is 2. The molecule has 1 nitrogen and oxygen atoms in total. The summed E-state index contributed by atoms with van der Waals surface area (Å²) in [5.41, 5.74) is -2.09. The third-order valence-electron chi connectivity index (χ3n) is 7.05. The van der Waals surface area contributed by atoms with Gasteiger partial charge in [0.2, 0.25) is 5.82 Å². The minimum absolute atomic E-state index is 0.0111. The van der Waals surface area contributed by atoms with Crippen molar-refractivity contribution in [1.29, 1.82) is 0 Å². The SMILES string of the molecule is CC(C)[Si](Cc1ccccc1)(Oc1c(F)c(F)c2c(c1F)C(F)(F)C=C2F)C1CCCCC1. The van der Waals surface area contributed by atoms with Crippen molar-refractivity contribution in [3.8, 4) is 5.75 Å². The van der Waals surface area contributed by atoms with Crippen LogP contribution in [0.4, 0.5) is 26.3 Å². The molecule has 8 heteroatoms. The minimum atomic E-state index is -4.09. The minimum Gasteiger partial charge on any atom is -0.539 e. The first kappa shape index (κ1) is 23.9. The van der Waals surface area contributed by atoms with Gasteiger partial charge in [0, 0.05) is 12.1 Å². The van der Waals surface area contributed by atoms with Gasteiger partial charge in [-0.05, 0) is 29.5 Å². The van der Waals surface area contributed by atoms with Crippen LogP contribution in [0.2, 0.25) is 11.1 Å². The van der Waals surface area contributed by atoms with Crippen LogP contribution in [0.15, 0.2) is 36.4 Å². The third-order valence-corrected chi connectivity index (χ3v) is 12.5. The Hall–Kier alpha value is -2.22. The van der Waals surface area contributed by atoms with Crippen LogP contribution in [-0.4, -0.2) is 8.32 Å². The molecular weight excluding hydrogens is 458 g/mol. The molecule has 1 fully saturated rings. The number of benzene rings is 2. The lowest BCUT2D eigenvalue weighted by Crippen LogP contribution is -2.53. The maximum absolute atomic E-state index is 15.4. The topological polar surface area (TPSA) is 9.23 Å². The summed E-state index contributed by atoms with van der Waals surface area (Å²) in [5, 5.41) is 0. The predicted molar refractivity (Wildman–Crippen MR) is 118 cm³/mol. The number of rotatable bonds is 6. The van der Waals surface area contributed by atoms with Gasteiger partial charge in [0.1, 0.15) is 5.83 Å². The number of fused-ring (bicyclic) bond motifs is 1.